The molecule has 2 nitrogen and oxygen atoms in total. The van der Waals surface area contributed by atoms with E-state index >= 15 is 0 Å². The van der Waals surface area contributed by atoms with E-state index in [1.165, 1.54) is 37.7 Å². The van der Waals surface area contributed by atoms with Gasteiger partial charge in [0.05, 0.1) is 12.6 Å². The molecule has 0 saturated carbocycles. The predicted molar refractivity (Wildman–Crippen MR) is 93.9 cm³/mol. The zero-order valence-electron chi connectivity index (χ0n) is 14.8. The van der Waals surface area contributed by atoms with Crippen LogP contribution in [0.25, 0.3) is 0 Å². The third-order valence-electron chi connectivity index (χ3n) is 5.16. The van der Waals surface area contributed by atoms with E-state index in [0.717, 1.165) is 0 Å². The molecule has 3 atom stereocenters. The number of benzene rings is 1. The lowest BCUT2D eigenvalue weighted by atomic mass is 9.84. The minimum atomic E-state index is 0.134. The van der Waals surface area contributed by atoms with Gasteiger partial charge in [0, 0.05) is 12.1 Å². The van der Waals surface area contributed by atoms with Gasteiger partial charge in [0.1, 0.15) is 0 Å². The molecule has 1 aromatic carbocycles. The number of unbranched alkanes of at least 4 members (excludes halogenated alkanes) is 1. The SMILES string of the molecule is CCCC[C@@H]1CC[C@@H](C(C)(C)C)N1[C@H](CO)c1ccccc1. The molecule has 2 rings (SSSR count). The smallest absolute Gasteiger partial charge is 0.0628 e. The summed E-state index contributed by atoms with van der Waals surface area (Å²) in [4.78, 5) is 2.64. The van der Waals surface area contributed by atoms with E-state index in [9.17, 15) is 5.11 Å². The second kappa shape index (κ2) is 7.61. The van der Waals surface area contributed by atoms with E-state index in [0.29, 0.717) is 12.1 Å². The second-order valence-electron chi connectivity index (χ2n) is 7.81. The van der Waals surface area contributed by atoms with E-state index in [2.05, 4.69) is 62.9 Å². The van der Waals surface area contributed by atoms with E-state index in [1.54, 1.807) is 0 Å². The lowest BCUT2D eigenvalue weighted by Gasteiger charge is -2.42. The Bertz CT molecular complexity index is 437. The summed E-state index contributed by atoms with van der Waals surface area (Å²) in [5.41, 5.74) is 1.51. The summed E-state index contributed by atoms with van der Waals surface area (Å²) in [5, 5.41) is 10.1. The van der Waals surface area contributed by atoms with Crippen molar-refractivity contribution in [1.29, 1.82) is 0 Å². The van der Waals surface area contributed by atoms with E-state index in [1.807, 2.05) is 0 Å². The van der Waals surface area contributed by atoms with Gasteiger partial charge in [-0.15, -0.1) is 0 Å². The molecule has 0 radical (unpaired) electrons. The maximum atomic E-state index is 10.1. The van der Waals surface area contributed by atoms with Gasteiger partial charge in [-0.25, -0.2) is 0 Å². The van der Waals surface area contributed by atoms with Gasteiger partial charge >= 0.3 is 0 Å². The zero-order chi connectivity index (χ0) is 16.2. The molecule has 1 fully saturated rings. The standard InChI is InChI=1S/C20H33NO/c1-5-6-12-17-13-14-19(20(2,3)4)21(17)18(15-22)16-10-8-7-9-11-16/h7-11,17-19,22H,5-6,12-15H2,1-4H3/t17-,18-,19+/m1/s1. The third-order valence-corrected chi connectivity index (χ3v) is 5.16. The fraction of sp³-hybridized carbons (Fsp3) is 0.700. The first-order valence-electron chi connectivity index (χ1n) is 8.92. The van der Waals surface area contributed by atoms with Crippen molar-refractivity contribution in [3.63, 3.8) is 0 Å². The average molecular weight is 303 g/mol. The molecule has 0 amide bonds. The molecule has 1 saturated heterocycles. The van der Waals surface area contributed by atoms with Crippen LogP contribution in [-0.4, -0.2) is 28.7 Å². The first-order chi connectivity index (χ1) is 10.5. The Hall–Kier alpha value is -0.860. The van der Waals surface area contributed by atoms with Crippen LogP contribution in [0.2, 0.25) is 0 Å². The summed E-state index contributed by atoms with van der Waals surface area (Å²) in [6.45, 7) is 9.49. The van der Waals surface area contributed by atoms with Crippen molar-refractivity contribution in [2.24, 2.45) is 5.41 Å². The molecule has 0 bridgehead atoms. The van der Waals surface area contributed by atoms with Crippen molar-refractivity contribution in [2.75, 3.05) is 6.61 Å². The highest BCUT2D eigenvalue weighted by molar-refractivity contribution is 5.20. The Kier molecular flexibility index (Phi) is 6.05. The summed E-state index contributed by atoms with van der Waals surface area (Å²) < 4.78 is 0. The molecule has 0 spiro atoms. The van der Waals surface area contributed by atoms with Crippen LogP contribution in [0.3, 0.4) is 0 Å². The highest BCUT2D eigenvalue weighted by Gasteiger charge is 2.43. The topological polar surface area (TPSA) is 23.5 Å². The van der Waals surface area contributed by atoms with Gasteiger partial charge in [-0.1, -0.05) is 70.9 Å². The number of aliphatic hydroxyl groups excluding tert-OH is 1. The van der Waals surface area contributed by atoms with Crippen LogP contribution < -0.4 is 0 Å². The quantitative estimate of drug-likeness (QED) is 0.817. The molecule has 1 aromatic rings. The Morgan fingerprint density at radius 3 is 2.41 bits per heavy atom. The first kappa shape index (κ1) is 17.5. The van der Waals surface area contributed by atoms with Gasteiger partial charge in [-0.3, -0.25) is 4.90 Å². The van der Waals surface area contributed by atoms with Crippen LogP contribution >= 0.6 is 0 Å². The summed E-state index contributed by atoms with van der Waals surface area (Å²) in [6, 6.07) is 11.8. The van der Waals surface area contributed by atoms with E-state index in [4.69, 9.17) is 0 Å². The maximum Gasteiger partial charge on any atom is 0.0628 e. The van der Waals surface area contributed by atoms with E-state index in [-0.39, 0.29) is 18.1 Å². The molecule has 0 aromatic heterocycles. The Morgan fingerprint density at radius 1 is 1.18 bits per heavy atom. The van der Waals surface area contributed by atoms with Crippen molar-refractivity contribution in [2.45, 2.75) is 77.9 Å². The molecular formula is C20H33NO. The molecule has 0 aliphatic carbocycles. The number of hydrogen-bond acceptors (Lipinski definition) is 2. The molecule has 1 heterocycles. The van der Waals surface area contributed by atoms with Crippen LogP contribution in [-0.2, 0) is 0 Å². The van der Waals surface area contributed by atoms with Crippen LogP contribution in [0, 0.1) is 5.41 Å². The zero-order valence-corrected chi connectivity index (χ0v) is 14.8. The maximum absolute atomic E-state index is 10.1. The molecule has 2 heteroatoms. The Balaban J connectivity index is 2.29. The van der Waals surface area contributed by atoms with Gasteiger partial charge < -0.3 is 5.11 Å². The van der Waals surface area contributed by atoms with Crippen LogP contribution in [0.5, 0.6) is 0 Å². The van der Waals surface area contributed by atoms with Crippen molar-refractivity contribution >= 4 is 0 Å². The molecule has 22 heavy (non-hydrogen) atoms. The molecule has 1 aliphatic heterocycles. The largest absolute Gasteiger partial charge is 0.394 e. The number of likely N-dealkylation sites (tertiary alicyclic amines) is 1. The highest BCUT2D eigenvalue weighted by atomic mass is 16.3. The first-order valence-corrected chi connectivity index (χ1v) is 8.92. The molecule has 124 valence electrons. The van der Waals surface area contributed by atoms with Crippen molar-refractivity contribution in [1.82, 2.24) is 4.90 Å². The summed E-state index contributed by atoms with van der Waals surface area (Å²) in [6.07, 6.45) is 6.31. The lowest BCUT2D eigenvalue weighted by molar-refractivity contribution is 0.0300. The summed E-state index contributed by atoms with van der Waals surface area (Å²) in [7, 11) is 0. The van der Waals surface area contributed by atoms with Crippen molar-refractivity contribution < 1.29 is 5.11 Å². The number of aliphatic hydroxyl groups is 1. The Labute approximate surface area is 136 Å². The van der Waals surface area contributed by atoms with Crippen molar-refractivity contribution in [3.8, 4) is 0 Å². The third kappa shape index (κ3) is 3.91. The molecular weight excluding hydrogens is 270 g/mol. The van der Waals surface area contributed by atoms with Gasteiger partial charge in [0.2, 0.25) is 0 Å². The summed E-state index contributed by atoms with van der Waals surface area (Å²) >= 11 is 0. The second-order valence-corrected chi connectivity index (χ2v) is 7.81. The molecule has 0 unspecified atom stereocenters. The fourth-order valence-corrected chi connectivity index (χ4v) is 4.03. The number of nitrogens with zero attached hydrogens (tertiary/aromatic N) is 1. The fourth-order valence-electron chi connectivity index (χ4n) is 4.03. The monoisotopic (exact) mass is 303 g/mol. The van der Waals surface area contributed by atoms with Gasteiger partial charge in [0.25, 0.3) is 0 Å². The summed E-state index contributed by atoms with van der Waals surface area (Å²) in [5.74, 6) is 0. The molecule has 1 aliphatic rings. The van der Waals surface area contributed by atoms with Crippen LogP contribution in [0.4, 0.5) is 0 Å². The number of rotatable bonds is 6. The van der Waals surface area contributed by atoms with Crippen molar-refractivity contribution in [3.05, 3.63) is 35.9 Å². The molecule has 1 N–H and O–H groups in total. The average Bonchev–Trinajstić information content (AvgIpc) is 2.91. The minimum absolute atomic E-state index is 0.134. The lowest BCUT2D eigenvalue weighted by Crippen LogP contribution is -2.46. The van der Waals surface area contributed by atoms with Crippen LogP contribution in [0.1, 0.15) is 71.4 Å². The van der Waals surface area contributed by atoms with Gasteiger partial charge in [-0.2, -0.15) is 0 Å². The predicted octanol–water partition coefficient (Wildman–Crippen LogP) is 4.79. The normalized spacial score (nSPS) is 24.6. The van der Waals surface area contributed by atoms with E-state index < -0.39 is 0 Å². The minimum Gasteiger partial charge on any atom is -0.394 e. The highest BCUT2D eigenvalue weighted by Crippen LogP contribution is 2.42. The van der Waals surface area contributed by atoms with Gasteiger partial charge in [0.15, 0.2) is 0 Å². The van der Waals surface area contributed by atoms with Gasteiger partial charge in [-0.05, 0) is 30.2 Å². The number of hydrogen-bond donors (Lipinski definition) is 1. The Morgan fingerprint density at radius 2 is 1.86 bits per heavy atom. The van der Waals surface area contributed by atoms with Crippen LogP contribution in [0.15, 0.2) is 30.3 Å².